The van der Waals surface area contributed by atoms with Crippen LogP contribution in [0.2, 0.25) is 0 Å². The summed E-state index contributed by atoms with van der Waals surface area (Å²) in [5.41, 5.74) is 3.70. The molecule has 3 heterocycles. The SMILES string of the molecule is CCOC(=O)C1CCN(C(=O)c2ccc(-n3nc(C)c(C)c3C)nc2)CC1. The second-order valence-electron chi connectivity index (χ2n) is 6.93. The molecule has 7 heteroatoms. The number of esters is 1. The van der Waals surface area contributed by atoms with Crippen molar-refractivity contribution >= 4 is 11.9 Å². The maximum atomic E-state index is 12.7. The summed E-state index contributed by atoms with van der Waals surface area (Å²) in [6, 6.07) is 3.60. The molecule has 0 saturated carbocycles. The molecule has 1 aliphatic rings. The lowest BCUT2D eigenvalue weighted by Crippen LogP contribution is -2.40. The Morgan fingerprint density at radius 1 is 1.19 bits per heavy atom. The number of hydrogen-bond acceptors (Lipinski definition) is 5. The minimum Gasteiger partial charge on any atom is -0.466 e. The Hall–Kier alpha value is -2.70. The number of carbonyl (C=O) groups is 2. The van der Waals surface area contributed by atoms with Crippen molar-refractivity contribution in [3.8, 4) is 5.82 Å². The fourth-order valence-electron chi connectivity index (χ4n) is 3.34. The van der Waals surface area contributed by atoms with Crippen molar-refractivity contribution in [3.63, 3.8) is 0 Å². The van der Waals surface area contributed by atoms with Crippen LogP contribution in [-0.2, 0) is 9.53 Å². The van der Waals surface area contributed by atoms with Gasteiger partial charge in [0, 0.05) is 25.0 Å². The van der Waals surface area contributed by atoms with Crippen LogP contribution in [0.15, 0.2) is 18.3 Å². The first-order chi connectivity index (χ1) is 12.9. The number of aromatic nitrogens is 3. The van der Waals surface area contributed by atoms with Crippen LogP contribution in [0, 0.1) is 26.7 Å². The number of piperidine rings is 1. The molecule has 0 unspecified atom stereocenters. The number of nitrogens with zero attached hydrogens (tertiary/aromatic N) is 4. The maximum Gasteiger partial charge on any atom is 0.309 e. The van der Waals surface area contributed by atoms with Crippen molar-refractivity contribution in [3.05, 3.63) is 40.8 Å². The Bertz CT molecular complexity index is 834. The molecule has 0 bridgehead atoms. The molecule has 0 aliphatic carbocycles. The lowest BCUT2D eigenvalue weighted by atomic mass is 9.96. The number of aryl methyl sites for hydroxylation is 1. The van der Waals surface area contributed by atoms with Gasteiger partial charge in [0.05, 0.1) is 23.8 Å². The van der Waals surface area contributed by atoms with Gasteiger partial charge in [-0.3, -0.25) is 9.59 Å². The summed E-state index contributed by atoms with van der Waals surface area (Å²) < 4.78 is 6.87. The summed E-state index contributed by atoms with van der Waals surface area (Å²) >= 11 is 0. The topological polar surface area (TPSA) is 77.3 Å². The van der Waals surface area contributed by atoms with Gasteiger partial charge in [0.1, 0.15) is 0 Å². The number of likely N-dealkylation sites (tertiary alicyclic amines) is 1. The highest BCUT2D eigenvalue weighted by molar-refractivity contribution is 5.94. The molecule has 1 fully saturated rings. The van der Waals surface area contributed by atoms with E-state index < -0.39 is 0 Å². The summed E-state index contributed by atoms with van der Waals surface area (Å²) in [5.74, 6) is 0.377. The molecule has 0 spiro atoms. The van der Waals surface area contributed by atoms with Crippen LogP contribution in [-0.4, -0.2) is 51.2 Å². The molecule has 1 amide bonds. The first-order valence-electron chi connectivity index (χ1n) is 9.37. The summed E-state index contributed by atoms with van der Waals surface area (Å²) in [5, 5.41) is 4.50. The number of ether oxygens (including phenoxy) is 1. The summed E-state index contributed by atoms with van der Waals surface area (Å²) in [7, 11) is 0. The Kier molecular flexibility index (Phi) is 5.58. The molecule has 0 radical (unpaired) electrons. The predicted octanol–water partition coefficient (Wildman–Crippen LogP) is 2.61. The molecule has 0 aromatic carbocycles. The van der Waals surface area contributed by atoms with Crippen LogP contribution in [0.3, 0.4) is 0 Å². The summed E-state index contributed by atoms with van der Waals surface area (Å²) in [4.78, 5) is 30.8. The molecule has 27 heavy (non-hydrogen) atoms. The zero-order chi connectivity index (χ0) is 19.6. The quantitative estimate of drug-likeness (QED) is 0.773. The summed E-state index contributed by atoms with van der Waals surface area (Å²) in [6.45, 7) is 9.32. The highest BCUT2D eigenvalue weighted by atomic mass is 16.5. The second kappa shape index (κ2) is 7.90. The van der Waals surface area contributed by atoms with E-state index in [1.807, 2.05) is 26.8 Å². The first-order valence-corrected chi connectivity index (χ1v) is 9.37. The molecule has 0 atom stereocenters. The maximum absolute atomic E-state index is 12.7. The van der Waals surface area contributed by atoms with E-state index in [0.717, 1.165) is 17.0 Å². The van der Waals surface area contributed by atoms with E-state index in [2.05, 4.69) is 10.1 Å². The smallest absolute Gasteiger partial charge is 0.309 e. The molecular formula is C20H26N4O3. The molecule has 2 aromatic heterocycles. The van der Waals surface area contributed by atoms with Crippen molar-refractivity contribution in [2.45, 2.75) is 40.5 Å². The van der Waals surface area contributed by atoms with Gasteiger partial charge in [-0.25, -0.2) is 9.67 Å². The van der Waals surface area contributed by atoms with E-state index in [1.165, 1.54) is 0 Å². The van der Waals surface area contributed by atoms with Crippen molar-refractivity contribution in [1.29, 1.82) is 0 Å². The minimum absolute atomic E-state index is 0.0547. The van der Waals surface area contributed by atoms with E-state index in [1.54, 1.807) is 28.8 Å². The van der Waals surface area contributed by atoms with Gasteiger partial charge in [-0.15, -0.1) is 0 Å². The van der Waals surface area contributed by atoms with Gasteiger partial charge in [-0.05, 0) is 58.2 Å². The fraction of sp³-hybridized carbons (Fsp3) is 0.500. The Morgan fingerprint density at radius 2 is 1.89 bits per heavy atom. The van der Waals surface area contributed by atoms with E-state index >= 15 is 0 Å². The van der Waals surface area contributed by atoms with Crippen LogP contribution in [0.5, 0.6) is 0 Å². The highest BCUT2D eigenvalue weighted by Gasteiger charge is 2.28. The zero-order valence-electron chi connectivity index (χ0n) is 16.4. The predicted molar refractivity (Wildman–Crippen MR) is 101 cm³/mol. The van der Waals surface area contributed by atoms with Crippen molar-refractivity contribution < 1.29 is 14.3 Å². The van der Waals surface area contributed by atoms with Gasteiger partial charge in [0.25, 0.3) is 5.91 Å². The molecule has 0 N–H and O–H groups in total. The average Bonchev–Trinajstić information content (AvgIpc) is 2.95. The van der Waals surface area contributed by atoms with Gasteiger partial charge in [0.2, 0.25) is 0 Å². The zero-order valence-corrected chi connectivity index (χ0v) is 16.4. The van der Waals surface area contributed by atoms with Crippen LogP contribution in [0.4, 0.5) is 0 Å². The lowest BCUT2D eigenvalue weighted by molar-refractivity contribution is -0.149. The fourth-order valence-corrected chi connectivity index (χ4v) is 3.34. The van der Waals surface area contributed by atoms with Crippen molar-refractivity contribution in [2.24, 2.45) is 5.92 Å². The number of rotatable bonds is 4. The number of amides is 1. The third-order valence-electron chi connectivity index (χ3n) is 5.27. The van der Waals surface area contributed by atoms with Gasteiger partial charge in [-0.1, -0.05) is 0 Å². The first kappa shape index (κ1) is 19.1. The van der Waals surface area contributed by atoms with Crippen molar-refractivity contribution in [1.82, 2.24) is 19.7 Å². The van der Waals surface area contributed by atoms with Gasteiger partial charge in [0.15, 0.2) is 5.82 Å². The lowest BCUT2D eigenvalue weighted by Gasteiger charge is -2.30. The Balaban J connectivity index is 1.66. The molecule has 2 aromatic rings. The van der Waals surface area contributed by atoms with Crippen LogP contribution >= 0.6 is 0 Å². The number of pyridine rings is 1. The van der Waals surface area contributed by atoms with Gasteiger partial charge >= 0.3 is 5.97 Å². The Labute approximate surface area is 159 Å². The number of carbonyl (C=O) groups excluding carboxylic acids is 2. The number of hydrogen-bond donors (Lipinski definition) is 0. The molecule has 1 saturated heterocycles. The third kappa shape index (κ3) is 3.86. The van der Waals surface area contributed by atoms with Crippen molar-refractivity contribution in [2.75, 3.05) is 19.7 Å². The molecule has 1 aliphatic heterocycles. The molecular weight excluding hydrogens is 344 g/mol. The van der Waals surface area contributed by atoms with Crippen LogP contribution in [0.25, 0.3) is 5.82 Å². The second-order valence-corrected chi connectivity index (χ2v) is 6.93. The van der Waals surface area contributed by atoms with E-state index in [9.17, 15) is 9.59 Å². The van der Waals surface area contributed by atoms with Gasteiger partial charge in [-0.2, -0.15) is 5.10 Å². The highest BCUT2D eigenvalue weighted by Crippen LogP contribution is 2.21. The van der Waals surface area contributed by atoms with E-state index in [-0.39, 0.29) is 17.8 Å². The van der Waals surface area contributed by atoms with Gasteiger partial charge < -0.3 is 9.64 Å². The molecule has 3 rings (SSSR count). The van der Waals surface area contributed by atoms with E-state index in [4.69, 9.17) is 4.74 Å². The van der Waals surface area contributed by atoms with Crippen LogP contribution in [0.1, 0.15) is 47.1 Å². The largest absolute Gasteiger partial charge is 0.466 e. The standard InChI is InChI=1S/C20H26N4O3/c1-5-27-20(26)16-8-10-23(11-9-16)19(25)17-6-7-18(21-12-17)24-15(4)13(2)14(3)22-24/h6-7,12,16H,5,8-11H2,1-4H3. The minimum atomic E-state index is -0.157. The monoisotopic (exact) mass is 370 g/mol. The Morgan fingerprint density at radius 3 is 2.41 bits per heavy atom. The molecule has 144 valence electrons. The molecule has 7 nitrogen and oxygen atoms in total. The average molecular weight is 370 g/mol. The summed E-state index contributed by atoms with van der Waals surface area (Å²) in [6.07, 6.45) is 2.88. The van der Waals surface area contributed by atoms with E-state index in [0.29, 0.717) is 43.9 Å². The van der Waals surface area contributed by atoms with Crippen LogP contribution < -0.4 is 0 Å². The normalized spacial score (nSPS) is 15.0. The third-order valence-corrected chi connectivity index (χ3v) is 5.27.